The molecule has 0 spiro atoms. The zero-order valence-electron chi connectivity index (χ0n) is 10.2. The summed E-state index contributed by atoms with van der Waals surface area (Å²) in [6.07, 6.45) is 1.93. The highest BCUT2D eigenvalue weighted by molar-refractivity contribution is 9.10. The second-order valence-electron chi connectivity index (χ2n) is 4.39. The molecule has 2 rings (SSSR count). The molecular weight excluding hydrogens is 298 g/mol. The summed E-state index contributed by atoms with van der Waals surface area (Å²) >= 11 is 3.31. The van der Waals surface area contributed by atoms with E-state index in [1.807, 2.05) is 0 Å². The zero-order chi connectivity index (χ0) is 13.1. The summed E-state index contributed by atoms with van der Waals surface area (Å²) in [4.78, 5) is 14.0. The molecule has 1 aromatic rings. The molecule has 1 aliphatic rings. The van der Waals surface area contributed by atoms with Gasteiger partial charge in [0.15, 0.2) is 0 Å². The Morgan fingerprint density at radius 1 is 1.44 bits per heavy atom. The number of hydrogen-bond donors (Lipinski definition) is 1. The summed E-state index contributed by atoms with van der Waals surface area (Å²) in [5.41, 5.74) is 0.347. The molecule has 1 fully saturated rings. The van der Waals surface area contributed by atoms with Crippen LogP contribution in [0.1, 0.15) is 23.2 Å². The van der Waals surface area contributed by atoms with E-state index in [-0.39, 0.29) is 17.8 Å². The third-order valence-corrected chi connectivity index (χ3v) is 3.74. The lowest BCUT2D eigenvalue weighted by Gasteiger charge is -2.31. The molecule has 1 aromatic carbocycles. The van der Waals surface area contributed by atoms with Gasteiger partial charge in [0, 0.05) is 24.7 Å². The standard InChI is InChI=1S/C13H16BrNO3/c1-18-10-4-6-15(7-5-10)13(17)11-8-9(14)2-3-12(11)16/h2-3,8,10,16H,4-7H2,1H3. The Labute approximate surface area is 115 Å². The van der Waals surface area contributed by atoms with Gasteiger partial charge in [-0.3, -0.25) is 4.79 Å². The fourth-order valence-electron chi connectivity index (χ4n) is 2.14. The van der Waals surface area contributed by atoms with E-state index in [1.54, 1.807) is 24.1 Å². The van der Waals surface area contributed by atoms with Gasteiger partial charge in [0.25, 0.3) is 5.91 Å². The number of hydrogen-bond acceptors (Lipinski definition) is 3. The highest BCUT2D eigenvalue weighted by atomic mass is 79.9. The molecule has 0 aromatic heterocycles. The van der Waals surface area contributed by atoms with E-state index >= 15 is 0 Å². The topological polar surface area (TPSA) is 49.8 Å². The molecule has 18 heavy (non-hydrogen) atoms. The van der Waals surface area contributed by atoms with Crippen molar-refractivity contribution in [1.82, 2.24) is 4.90 Å². The van der Waals surface area contributed by atoms with Crippen molar-refractivity contribution in [3.8, 4) is 5.75 Å². The third-order valence-electron chi connectivity index (χ3n) is 3.25. The second-order valence-corrected chi connectivity index (χ2v) is 5.30. The first kappa shape index (κ1) is 13.4. The quantitative estimate of drug-likeness (QED) is 0.912. The van der Waals surface area contributed by atoms with E-state index in [9.17, 15) is 9.90 Å². The predicted octanol–water partition coefficient (Wildman–Crippen LogP) is 2.41. The van der Waals surface area contributed by atoms with Crippen molar-refractivity contribution in [3.63, 3.8) is 0 Å². The molecule has 4 nitrogen and oxygen atoms in total. The fraction of sp³-hybridized carbons (Fsp3) is 0.462. The highest BCUT2D eigenvalue weighted by Crippen LogP contribution is 2.24. The molecule has 1 amide bonds. The number of carbonyl (C=O) groups excluding carboxylic acids is 1. The number of methoxy groups -OCH3 is 1. The van der Waals surface area contributed by atoms with Crippen LogP contribution in [0, 0.1) is 0 Å². The van der Waals surface area contributed by atoms with Crippen LogP contribution < -0.4 is 0 Å². The van der Waals surface area contributed by atoms with Gasteiger partial charge in [-0.2, -0.15) is 0 Å². The van der Waals surface area contributed by atoms with Crippen molar-refractivity contribution in [3.05, 3.63) is 28.2 Å². The van der Waals surface area contributed by atoms with E-state index in [4.69, 9.17) is 4.74 Å². The van der Waals surface area contributed by atoms with Gasteiger partial charge in [-0.15, -0.1) is 0 Å². The number of amides is 1. The number of likely N-dealkylation sites (tertiary alicyclic amines) is 1. The average molecular weight is 314 g/mol. The van der Waals surface area contributed by atoms with Crippen LogP contribution in [0.2, 0.25) is 0 Å². The molecule has 0 radical (unpaired) electrons. The van der Waals surface area contributed by atoms with Crippen molar-refractivity contribution < 1.29 is 14.6 Å². The van der Waals surface area contributed by atoms with Crippen molar-refractivity contribution >= 4 is 21.8 Å². The lowest BCUT2D eigenvalue weighted by atomic mass is 10.1. The van der Waals surface area contributed by atoms with Gasteiger partial charge in [0.1, 0.15) is 5.75 Å². The normalized spacial score (nSPS) is 16.9. The molecular formula is C13H16BrNO3. The molecule has 1 heterocycles. The summed E-state index contributed by atoms with van der Waals surface area (Å²) in [7, 11) is 1.70. The van der Waals surface area contributed by atoms with E-state index < -0.39 is 0 Å². The Kier molecular flexibility index (Phi) is 4.24. The SMILES string of the molecule is COC1CCN(C(=O)c2cc(Br)ccc2O)CC1. The monoisotopic (exact) mass is 313 g/mol. The van der Waals surface area contributed by atoms with Crippen LogP contribution in [0.25, 0.3) is 0 Å². The van der Waals surface area contributed by atoms with Crippen LogP contribution in [-0.2, 0) is 4.74 Å². The van der Waals surface area contributed by atoms with E-state index in [2.05, 4.69) is 15.9 Å². The van der Waals surface area contributed by atoms with Crippen LogP contribution in [0.4, 0.5) is 0 Å². The Morgan fingerprint density at radius 2 is 2.11 bits per heavy atom. The minimum absolute atomic E-state index is 0.0251. The number of rotatable bonds is 2. The molecule has 0 unspecified atom stereocenters. The zero-order valence-corrected chi connectivity index (χ0v) is 11.8. The van der Waals surface area contributed by atoms with E-state index in [0.717, 1.165) is 17.3 Å². The first-order valence-corrected chi connectivity index (χ1v) is 6.71. The van der Waals surface area contributed by atoms with Gasteiger partial charge < -0.3 is 14.7 Å². The minimum Gasteiger partial charge on any atom is -0.507 e. The van der Waals surface area contributed by atoms with Crippen LogP contribution in [0.15, 0.2) is 22.7 Å². The fourth-order valence-corrected chi connectivity index (χ4v) is 2.51. The van der Waals surface area contributed by atoms with E-state index in [1.165, 1.54) is 6.07 Å². The number of phenolic OH excluding ortho intramolecular Hbond substituents is 1. The summed E-state index contributed by atoms with van der Waals surface area (Å²) in [6, 6.07) is 4.89. The van der Waals surface area contributed by atoms with Gasteiger partial charge in [-0.1, -0.05) is 15.9 Å². The maximum atomic E-state index is 12.3. The third kappa shape index (κ3) is 2.84. The summed E-state index contributed by atoms with van der Waals surface area (Å²) in [5.74, 6) is -0.0968. The molecule has 0 atom stereocenters. The molecule has 0 aliphatic carbocycles. The van der Waals surface area contributed by atoms with Gasteiger partial charge in [0.05, 0.1) is 11.7 Å². The van der Waals surface area contributed by atoms with Crippen molar-refractivity contribution in [1.29, 1.82) is 0 Å². The Morgan fingerprint density at radius 3 is 2.72 bits per heavy atom. The van der Waals surface area contributed by atoms with Crippen LogP contribution in [-0.4, -0.2) is 42.2 Å². The van der Waals surface area contributed by atoms with Gasteiger partial charge >= 0.3 is 0 Å². The maximum Gasteiger partial charge on any atom is 0.257 e. The van der Waals surface area contributed by atoms with Gasteiger partial charge in [0.2, 0.25) is 0 Å². The molecule has 0 saturated carbocycles. The van der Waals surface area contributed by atoms with Crippen LogP contribution in [0.5, 0.6) is 5.75 Å². The Balaban J connectivity index is 2.10. The van der Waals surface area contributed by atoms with Crippen LogP contribution in [0.3, 0.4) is 0 Å². The number of phenols is 1. The average Bonchev–Trinajstić information content (AvgIpc) is 2.41. The lowest BCUT2D eigenvalue weighted by molar-refractivity contribution is 0.0349. The smallest absolute Gasteiger partial charge is 0.257 e. The molecule has 1 saturated heterocycles. The molecule has 5 heteroatoms. The first-order valence-electron chi connectivity index (χ1n) is 5.92. The van der Waals surface area contributed by atoms with Crippen molar-refractivity contribution in [2.45, 2.75) is 18.9 Å². The number of benzene rings is 1. The predicted molar refractivity (Wildman–Crippen MR) is 71.7 cm³/mol. The first-order chi connectivity index (χ1) is 8.61. The number of carbonyl (C=O) groups is 1. The summed E-state index contributed by atoms with van der Waals surface area (Å²) in [6.45, 7) is 1.34. The van der Waals surface area contributed by atoms with Gasteiger partial charge in [-0.05, 0) is 31.0 Å². The van der Waals surface area contributed by atoms with Crippen molar-refractivity contribution in [2.24, 2.45) is 0 Å². The molecule has 1 N–H and O–H groups in total. The number of halogens is 1. The highest BCUT2D eigenvalue weighted by Gasteiger charge is 2.25. The minimum atomic E-state index is -0.122. The maximum absolute atomic E-state index is 12.3. The largest absolute Gasteiger partial charge is 0.507 e. The number of aromatic hydroxyl groups is 1. The molecule has 98 valence electrons. The number of nitrogens with zero attached hydrogens (tertiary/aromatic N) is 1. The number of ether oxygens (including phenoxy) is 1. The summed E-state index contributed by atoms with van der Waals surface area (Å²) < 4.78 is 6.06. The molecule has 1 aliphatic heterocycles. The Bertz CT molecular complexity index is 442. The summed E-state index contributed by atoms with van der Waals surface area (Å²) in [5, 5.41) is 9.74. The number of piperidine rings is 1. The van der Waals surface area contributed by atoms with Crippen molar-refractivity contribution in [2.75, 3.05) is 20.2 Å². The molecule has 0 bridgehead atoms. The van der Waals surface area contributed by atoms with Crippen LogP contribution >= 0.6 is 15.9 Å². The second kappa shape index (κ2) is 5.71. The Hall–Kier alpha value is -1.07. The van der Waals surface area contributed by atoms with Gasteiger partial charge in [-0.25, -0.2) is 0 Å². The van der Waals surface area contributed by atoms with E-state index in [0.29, 0.717) is 18.7 Å². The lowest BCUT2D eigenvalue weighted by Crippen LogP contribution is -2.40.